The molecule has 118 valence electrons. The van der Waals surface area contributed by atoms with Crippen molar-refractivity contribution in [1.29, 1.82) is 0 Å². The van der Waals surface area contributed by atoms with Gasteiger partial charge in [0.1, 0.15) is 5.82 Å². The zero-order valence-electron chi connectivity index (χ0n) is 12.0. The summed E-state index contributed by atoms with van der Waals surface area (Å²) in [7, 11) is -3.62. The molecule has 1 unspecified atom stereocenters. The molecule has 1 aromatic carbocycles. The molecule has 1 aliphatic rings. The third kappa shape index (κ3) is 2.77. The van der Waals surface area contributed by atoms with Crippen LogP contribution in [0, 0.1) is 12.7 Å². The Labute approximate surface area is 128 Å². The minimum atomic E-state index is -3.62. The van der Waals surface area contributed by atoms with Crippen LogP contribution in [-0.4, -0.2) is 42.4 Å². The predicted octanol–water partition coefficient (Wildman–Crippen LogP) is 1.62. The number of aryl methyl sites for hydroxylation is 1. The van der Waals surface area contributed by atoms with Crippen molar-refractivity contribution in [3.63, 3.8) is 0 Å². The molecule has 0 bridgehead atoms. The number of imidazole rings is 1. The van der Waals surface area contributed by atoms with Gasteiger partial charge in [-0.05, 0) is 24.1 Å². The van der Waals surface area contributed by atoms with E-state index in [0.29, 0.717) is 5.56 Å². The summed E-state index contributed by atoms with van der Waals surface area (Å²) >= 11 is 0. The molecule has 1 aromatic heterocycles. The van der Waals surface area contributed by atoms with Crippen molar-refractivity contribution >= 4 is 10.0 Å². The summed E-state index contributed by atoms with van der Waals surface area (Å²) in [6.07, 6.45) is 2.20. The van der Waals surface area contributed by atoms with E-state index in [-0.39, 0.29) is 30.5 Å². The van der Waals surface area contributed by atoms with Crippen LogP contribution < -0.4 is 0 Å². The second kappa shape index (κ2) is 5.79. The molecule has 0 saturated carbocycles. The lowest BCUT2D eigenvalue weighted by Gasteiger charge is -2.32. The topological polar surface area (TPSA) is 75.3 Å². The van der Waals surface area contributed by atoms with Gasteiger partial charge in [0.25, 0.3) is 10.0 Å². The van der Waals surface area contributed by atoms with Crippen molar-refractivity contribution in [2.75, 3.05) is 19.7 Å². The van der Waals surface area contributed by atoms with Crippen molar-refractivity contribution in [2.24, 2.45) is 0 Å². The Morgan fingerprint density at radius 3 is 2.95 bits per heavy atom. The highest BCUT2D eigenvalue weighted by Gasteiger charge is 2.32. The summed E-state index contributed by atoms with van der Waals surface area (Å²) in [6.45, 7) is 2.42. The largest absolute Gasteiger partial charge is 0.371 e. The first-order valence-electron chi connectivity index (χ1n) is 6.84. The molecule has 1 N–H and O–H groups in total. The van der Waals surface area contributed by atoms with E-state index in [1.807, 2.05) is 0 Å². The summed E-state index contributed by atoms with van der Waals surface area (Å²) < 4.78 is 45.3. The molecule has 0 radical (unpaired) electrons. The van der Waals surface area contributed by atoms with Gasteiger partial charge in [-0.2, -0.15) is 4.31 Å². The van der Waals surface area contributed by atoms with Crippen molar-refractivity contribution < 1.29 is 17.5 Å². The Morgan fingerprint density at radius 2 is 2.27 bits per heavy atom. The highest BCUT2D eigenvalue weighted by Crippen LogP contribution is 2.26. The van der Waals surface area contributed by atoms with Gasteiger partial charge in [0.05, 0.1) is 25.2 Å². The molecule has 22 heavy (non-hydrogen) atoms. The first-order chi connectivity index (χ1) is 10.5. The molecule has 0 amide bonds. The van der Waals surface area contributed by atoms with E-state index in [9.17, 15) is 12.8 Å². The van der Waals surface area contributed by atoms with Crippen LogP contribution in [0.2, 0.25) is 0 Å². The van der Waals surface area contributed by atoms with Gasteiger partial charge in [-0.1, -0.05) is 12.1 Å². The van der Waals surface area contributed by atoms with E-state index in [4.69, 9.17) is 4.74 Å². The maximum absolute atomic E-state index is 13.4. The van der Waals surface area contributed by atoms with E-state index in [2.05, 4.69) is 9.97 Å². The van der Waals surface area contributed by atoms with E-state index in [0.717, 1.165) is 5.56 Å². The third-order valence-corrected chi connectivity index (χ3v) is 5.46. The van der Waals surface area contributed by atoms with Crippen LogP contribution in [0.25, 0.3) is 0 Å². The first kappa shape index (κ1) is 15.1. The molecule has 2 heterocycles. The zero-order chi connectivity index (χ0) is 15.7. The standard InChI is InChI=1S/C14H16FN3O3S/c1-10-6-11(2-3-12(10)15)13-8-18(4-5-21-13)22(19,20)14-7-16-9-17-14/h2-3,6-7,9,13H,4-5,8H2,1H3,(H,16,17). The van der Waals surface area contributed by atoms with Gasteiger partial charge < -0.3 is 9.72 Å². The van der Waals surface area contributed by atoms with E-state index < -0.39 is 16.1 Å². The minimum absolute atomic E-state index is 0.0587. The van der Waals surface area contributed by atoms with Crippen molar-refractivity contribution in [2.45, 2.75) is 18.1 Å². The molecular formula is C14H16FN3O3S. The smallest absolute Gasteiger partial charge is 0.260 e. The molecule has 1 aliphatic heterocycles. The van der Waals surface area contributed by atoms with Gasteiger partial charge in [0, 0.05) is 13.1 Å². The van der Waals surface area contributed by atoms with Gasteiger partial charge in [-0.25, -0.2) is 17.8 Å². The number of aromatic amines is 1. The van der Waals surface area contributed by atoms with Crippen LogP contribution in [0.3, 0.4) is 0 Å². The summed E-state index contributed by atoms with van der Waals surface area (Å²) in [5, 5.41) is 0.0587. The number of morpholine rings is 1. The van der Waals surface area contributed by atoms with Crippen molar-refractivity contribution in [1.82, 2.24) is 14.3 Å². The quantitative estimate of drug-likeness (QED) is 0.930. The molecule has 8 heteroatoms. The molecular weight excluding hydrogens is 309 g/mol. The molecule has 3 rings (SSSR count). The molecule has 6 nitrogen and oxygen atoms in total. The van der Waals surface area contributed by atoms with Gasteiger partial charge in [-0.3, -0.25) is 0 Å². The maximum atomic E-state index is 13.4. The highest BCUT2D eigenvalue weighted by atomic mass is 32.2. The zero-order valence-corrected chi connectivity index (χ0v) is 12.8. The van der Waals surface area contributed by atoms with Crippen LogP contribution in [0.1, 0.15) is 17.2 Å². The number of ether oxygens (including phenoxy) is 1. The average Bonchev–Trinajstić information content (AvgIpc) is 3.05. The summed E-state index contributed by atoms with van der Waals surface area (Å²) in [6, 6.07) is 4.68. The number of hydrogen-bond donors (Lipinski definition) is 1. The Bertz CT molecular complexity index is 762. The fraction of sp³-hybridized carbons (Fsp3) is 0.357. The number of sulfonamides is 1. The molecule has 1 saturated heterocycles. The van der Waals surface area contributed by atoms with Crippen molar-refractivity contribution in [3.05, 3.63) is 47.7 Å². The summed E-state index contributed by atoms with van der Waals surface area (Å²) in [5.41, 5.74) is 1.28. The van der Waals surface area contributed by atoms with Crippen LogP contribution in [0.15, 0.2) is 35.7 Å². The number of nitrogens with zero attached hydrogens (tertiary/aromatic N) is 2. The van der Waals surface area contributed by atoms with E-state index in [1.165, 1.54) is 22.9 Å². The Balaban J connectivity index is 1.84. The Morgan fingerprint density at radius 1 is 1.45 bits per heavy atom. The molecule has 2 aromatic rings. The number of benzene rings is 1. The predicted molar refractivity (Wildman–Crippen MR) is 77.2 cm³/mol. The van der Waals surface area contributed by atoms with Gasteiger partial charge >= 0.3 is 0 Å². The highest BCUT2D eigenvalue weighted by molar-refractivity contribution is 7.89. The van der Waals surface area contributed by atoms with Gasteiger partial charge in [0.2, 0.25) is 0 Å². The SMILES string of the molecule is Cc1cc(C2CN(S(=O)(=O)c3cnc[nH]3)CCO2)ccc1F. The average molecular weight is 325 g/mol. The van der Waals surface area contributed by atoms with E-state index in [1.54, 1.807) is 19.1 Å². The number of hydrogen-bond acceptors (Lipinski definition) is 4. The minimum Gasteiger partial charge on any atom is -0.371 e. The second-order valence-electron chi connectivity index (χ2n) is 5.15. The monoisotopic (exact) mass is 325 g/mol. The molecule has 0 aliphatic carbocycles. The lowest BCUT2D eigenvalue weighted by atomic mass is 10.1. The number of nitrogens with one attached hydrogen (secondary N) is 1. The van der Waals surface area contributed by atoms with Crippen LogP contribution in [0.4, 0.5) is 4.39 Å². The Hall–Kier alpha value is -1.77. The van der Waals surface area contributed by atoms with Gasteiger partial charge in [0.15, 0.2) is 5.03 Å². The normalized spacial score (nSPS) is 20.2. The summed E-state index contributed by atoms with van der Waals surface area (Å²) in [4.78, 5) is 6.36. The molecule has 1 atom stereocenters. The third-order valence-electron chi connectivity index (χ3n) is 3.67. The first-order valence-corrected chi connectivity index (χ1v) is 8.28. The summed E-state index contributed by atoms with van der Waals surface area (Å²) in [5.74, 6) is -0.290. The molecule has 1 fully saturated rings. The van der Waals surface area contributed by atoms with E-state index >= 15 is 0 Å². The fourth-order valence-corrected chi connectivity index (χ4v) is 3.76. The fourth-order valence-electron chi connectivity index (χ4n) is 2.44. The maximum Gasteiger partial charge on any atom is 0.260 e. The number of halogens is 1. The van der Waals surface area contributed by atoms with Crippen LogP contribution in [-0.2, 0) is 14.8 Å². The van der Waals surface area contributed by atoms with Crippen LogP contribution >= 0.6 is 0 Å². The van der Waals surface area contributed by atoms with Crippen molar-refractivity contribution in [3.8, 4) is 0 Å². The van der Waals surface area contributed by atoms with Crippen LogP contribution in [0.5, 0.6) is 0 Å². The lowest BCUT2D eigenvalue weighted by Crippen LogP contribution is -2.42. The van der Waals surface area contributed by atoms with Gasteiger partial charge in [-0.15, -0.1) is 0 Å². The Kier molecular flexibility index (Phi) is 3.98. The number of H-pyrrole nitrogens is 1. The second-order valence-corrected chi connectivity index (χ2v) is 7.05. The number of aromatic nitrogens is 2. The molecule has 0 spiro atoms. The lowest BCUT2D eigenvalue weighted by molar-refractivity contribution is -0.00267. The number of rotatable bonds is 3.